The van der Waals surface area contributed by atoms with E-state index in [1.54, 1.807) is 0 Å². The summed E-state index contributed by atoms with van der Waals surface area (Å²) in [7, 11) is 0. The minimum atomic E-state index is 0.394. The molecule has 2 rings (SSSR count). The molecule has 0 aromatic heterocycles. The Balaban J connectivity index is 1.62. The van der Waals surface area contributed by atoms with Crippen molar-refractivity contribution < 1.29 is 5.11 Å². The van der Waals surface area contributed by atoms with E-state index in [1.807, 2.05) is 0 Å². The van der Waals surface area contributed by atoms with Crippen molar-refractivity contribution in [1.82, 2.24) is 5.32 Å². The Morgan fingerprint density at radius 2 is 1.82 bits per heavy atom. The highest BCUT2D eigenvalue weighted by Crippen LogP contribution is 2.29. The molecule has 2 aliphatic rings. The predicted molar refractivity (Wildman–Crippen MR) is 75.5 cm³/mol. The third-order valence-electron chi connectivity index (χ3n) is 4.40. The second-order valence-corrected chi connectivity index (χ2v) is 6.88. The SMILES string of the molecule is OCC1CCCCC1CNCC1CCCSC1. The molecule has 2 N–H and O–H groups in total. The maximum atomic E-state index is 9.38. The molecule has 1 saturated carbocycles. The monoisotopic (exact) mass is 257 g/mol. The Morgan fingerprint density at radius 1 is 1.00 bits per heavy atom. The van der Waals surface area contributed by atoms with E-state index in [0.717, 1.165) is 18.4 Å². The van der Waals surface area contributed by atoms with Crippen LogP contribution in [0.4, 0.5) is 0 Å². The van der Waals surface area contributed by atoms with Gasteiger partial charge in [-0.2, -0.15) is 11.8 Å². The number of aliphatic hydroxyl groups is 1. The van der Waals surface area contributed by atoms with E-state index in [4.69, 9.17) is 0 Å². The summed E-state index contributed by atoms with van der Waals surface area (Å²) in [5.41, 5.74) is 0. The minimum Gasteiger partial charge on any atom is -0.396 e. The number of thioether (sulfide) groups is 1. The summed E-state index contributed by atoms with van der Waals surface area (Å²) < 4.78 is 0. The van der Waals surface area contributed by atoms with Crippen molar-refractivity contribution in [2.75, 3.05) is 31.2 Å². The summed E-state index contributed by atoms with van der Waals surface area (Å²) in [6.07, 6.45) is 8.05. The normalized spacial score (nSPS) is 34.8. The van der Waals surface area contributed by atoms with Crippen molar-refractivity contribution in [3.63, 3.8) is 0 Å². The maximum Gasteiger partial charge on any atom is 0.0462 e. The topological polar surface area (TPSA) is 32.3 Å². The molecule has 17 heavy (non-hydrogen) atoms. The van der Waals surface area contributed by atoms with Crippen LogP contribution in [0.15, 0.2) is 0 Å². The van der Waals surface area contributed by atoms with E-state index < -0.39 is 0 Å². The molecule has 0 aromatic carbocycles. The standard InChI is InChI=1S/C14H27NOS/c16-10-14-6-2-1-5-13(14)9-15-8-12-4-3-7-17-11-12/h12-16H,1-11H2. The molecule has 1 aliphatic heterocycles. The van der Waals surface area contributed by atoms with Gasteiger partial charge in [0.15, 0.2) is 0 Å². The van der Waals surface area contributed by atoms with Crippen LogP contribution in [0, 0.1) is 17.8 Å². The summed E-state index contributed by atoms with van der Waals surface area (Å²) >= 11 is 2.11. The smallest absolute Gasteiger partial charge is 0.0462 e. The Labute approximate surface area is 110 Å². The first kappa shape index (κ1) is 13.7. The molecular weight excluding hydrogens is 230 g/mol. The average Bonchev–Trinajstić information content (AvgIpc) is 2.40. The highest BCUT2D eigenvalue weighted by atomic mass is 32.2. The lowest BCUT2D eigenvalue weighted by Gasteiger charge is -2.31. The van der Waals surface area contributed by atoms with Crippen LogP contribution in [-0.2, 0) is 0 Å². The van der Waals surface area contributed by atoms with E-state index in [-0.39, 0.29) is 0 Å². The molecule has 1 heterocycles. The van der Waals surface area contributed by atoms with Crippen LogP contribution in [0.25, 0.3) is 0 Å². The third kappa shape index (κ3) is 4.46. The van der Waals surface area contributed by atoms with Crippen molar-refractivity contribution in [2.45, 2.75) is 38.5 Å². The maximum absolute atomic E-state index is 9.38. The molecule has 0 aromatic rings. The van der Waals surface area contributed by atoms with Gasteiger partial charge in [-0.1, -0.05) is 12.8 Å². The van der Waals surface area contributed by atoms with Crippen LogP contribution in [0.1, 0.15) is 38.5 Å². The quantitative estimate of drug-likeness (QED) is 0.794. The van der Waals surface area contributed by atoms with Crippen LogP contribution in [0.5, 0.6) is 0 Å². The van der Waals surface area contributed by atoms with Gasteiger partial charge in [0.05, 0.1) is 0 Å². The lowest BCUT2D eigenvalue weighted by atomic mass is 9.79. The van der Waals surface area contributed by atoms with Gasteiger partial charge in [0.2, 0.25) is 0 Å². The van der Waals surface area contributed by atoms with Gasteiger partial charge >= 0.3 is 0 Å². The fraction of sp³-hybridized carbons (Fsp3) is 1.00. The van der Waals surface area contributed by atoms with Crippen molar-refractivity contribution in [1.29, 1.82) is 0 Å². The van der Waals surface area contributed by atoms with Gasteiger partial charge < -0.3 is 10.4 Å². The molecule has 100 valence electrons. The molecule has 3 atom stereocenters. The Kier molecular flexibility index (Phi) is 6.16. The molecule has 2 nitrogen and oxygen atoms in total. The van der Waals surface area contributed by atoms with Gasteiger partial charge in [0.25, 0.3) is 0 Å². The molecule has 1 aliphatic carbocycles. The first-order chi connectivity index (χ1) is 8.40. The molecular formula is C14H27NOS. The summed E-state index contributed by atoms with van der Waals surface area (Å²) in [5.74, 6) is 4.90. The van der Waals surface area contributed by atoms with Gasteiger partial charge in [-0.3, -0.25) is 0 Å². The molecule has 1 saturated heterocycles. The first-order valence-corrected chi connectivity index (χ1v) is 8.45. The first-order valence-electron chi connectivity index (χ1n) is 7.29. The zero-order valence-corrected chi connectivity index (χ0v) is 11.7. The van der Waals surface area contributed by atoms with E-state index >= 15 is 0 Å². The van der Waals surface area contributed by atoms with Crippen molar-refractivity contribution in [3.8, 4) is 0 Å². The Hall–Kier alpha value is 0.270. The van der Waals surface area contributed by atoms with Gasteiger partial charge in [-0.25, -0.2) is 0 Å². The number of aliphatic hydroxyl groups excluding tert-OH is 1. The summed E-state index contributed by atoms with van der Waals surface area (Å²) in [6.45, 7) is 2.72. The fourth-order valence-electron chi connectivity index (χ4n) is 3.23. The van der Waals surface area contributed by atoms with Crippen molar-refractivity contribution in [2.24, 2.45) is 17.8 Å². The molecule has 3 unspecified atom stereocenters. The number of hydrogen-bond acceptors (Lipinski definition) is 3. The number of rotatable bonds is 5. The molecule has 3 heteroatoms. The van der Waals surface area contributed by atoms with Gasteiger partial charge in [0.1, 0.15) is 0 Å². The molecule has 2 fully saturated rings. The second-order valence-electron chi connectivity index (χ2n) is 5.73. The highest BCUT2D eigenvalue weighted by molar-refractivity contribution is 7.99. The predicted octanol–water partition coefficient (Wildman–Crippen LogP) is 2.52. The number of nitrogens with one attached hydrogen (secondary N) is 1. The lowest BCUT2D eigenvalue weighted by molar-refractivity contribution is 0.132. The third-order valence-corrected chi connectivity index (χ3v) is 5.68. The van der Waals surface area contributed by atoms with E-state index in [1.165, 1.54) is 56.6 Å². The van der Waals surface area contributed by atoms with E-state index in [2.05, 4.69) is 17.1 Å². The summed E-state index contributed by atoms with van der Waals surface area (Å²) in [6, 6.07) is 0. The van der Waals surface area contributed by atoms with Crippen LogP contribution >= 0.6 is 11.8 Å². The fourth-order valence-corrected chi connectivity index (χ4v) is 4.39. The second kappa shape index (κ2) is 7.65. The summed E-state index contributed by atoms with van der Waals surface area (Å²) in [4.78, 5) is 0. The van der Waals surface area contributed by atoms with Gasteiger partial charge in [-0.15, -0.1) is 0 Å². The molecule has 0 bridgehead atoms. The van der Waals surface area contributed by atoms with Gasteiger partial charge in [0, 0.05) is 6.61 Å². The molecule has 0 amide bonds. The van der Waals surface area contributed by atoms with Crippen LogP contribution in [0.3, 0.4) is 0 Å². The zero-order chi connectivity index (χ0) is 11.9. The zero-order valence-electron chi connectivity index (χ0n) is 10.9. The highest BCUT2D eigenvalue weighted by Gasteiger charge is 2.24. The Bertz CT molecular complexity index is 206. The van der Waals surface area contributed by atoms with Crippen LogP contribution < -0.4 is 5.32 Å². The van der Waals surface area contributed by atoms with Crippen LogP contribution in [0.2, 0.25) is 0 Å². The average molecular weight is 257 g/mol. The van der Waals surface area contributed by atoms with E-state index in [9.17, 15) is 5.11 Å². The van der Waals surface area contributed by atoms with Crippen LogP contribution in [-0.4, -0.2) is 36.3 Å². The van der Waals surface area contributed by atoms with Gasteiger partial charge in [-0.05, 0) is 68.0 Å². The molecule has 0 spiro atoms. The van der Waals surface area contributed by atoms with Crippen molar-refractivity contribution in [3.05, 3.63) is 0 Å². The van der Waals surface area contributed by atoms with Crippen molar-refractivity contribution >= 4 is 11.8 Å². The minimum absolute atomic E-state index is 0.394. The lowest BCUT2D eigenvalue weighted by Crippen LogP contribution is -2.35. The number of hydrogen-bond donors (Lipinski definition) is 2. The molecule has 0 radical (unpaired) electrons. The summed E-state index contributed by atoms with van der Waals surface area (Å²) in [5, 5.41) is 13.0. The largest absolute Gasteiger partial charge is 0.396 e. The Morgan fingerprint density at radius 3 is 2.53 bits per heavy atom. The van der Waals surface area contributed by atoms with E-state index in [0.29, 0.717) is 12.5 Å².